The zero-order valence-electron chi connectivity index (χ0n) is 9.01. The molecule has 2 atom stereocenters. The number of hydrogen-bond acceptors (Lipinski definition) is 2. The molecule has 0 aromatic rings. The van der Waals surface area contributed by atoms with E-state index in [9.17, 15) is 0 Å². The van der Waals surface area contributed by atoms with Crippen molar-refractivity contribution in [1.82, 2.24) is 0 Å². The molecule has 1 aliphatic carbocycles. The molecule has 0 heterocycles. The Kier molecular flexibility index (Phi) is 4.60. The average molecular weight is 201 g/mol. The summed E-state index contributed by atoms with van der Waals surface area (Å²) < 4.78 is 0. The molecule has 0 aromatic carbocycles. The highest BCUT2D eigenvalue weighted by Gasteiger charge is 2.32. The van der Waals surface area contributed by atoms with Gasteiger partial charge in [-0.15, -0.1) is 0 Å². The predicted molar refractivity (Wildman–Crippen MR) is 62.2 cm³/mol. The van der Waals surface area contributed by atoms with E-state index in [1.165, 1.54) is 43.6 Å². The van der Waals surface area contributed by atoms with Crippen LogP contribution in [-0.2, 0) is 0 Å². The zero-order valence-corrected chi connectivity index (χ0v) is 9.83. The van der Waals surface area contributed by atoms with Crippen molar-refractivity contribution in [3.05, 3.63) is 0 Å². The second kappa shape index (κ2) is 5.26. The van der Waals surface area contributed by atoms with E-state index in [1.54, 1.807) is 0 Å². The van der Waals surface area contributed by atoms with Gasteiger partial charge in [-0.25, -0.2) is 0 Å². The van der Waals surface area contributed by atoms with Crippen LogP contribution in [0.2, 0.25) is 0 Å². The van der Waals surface area contributed by atoms with Crippen LogP contribution in [0.1, 0.15) is 46.0 Å². The number of rotatable bonds is 5. The topological polar surface area (TPSA) is 26.0 Å². The maximum atomic E-state index is 6.32. The summed E-state index contributed by atoms with van der Waals surface area (Å²) in [5, 5.41) is 0. The van der Waals surface area contributed by atoms with Crippen molar-refractivity contribution in [2.45, 2.75) is 51.5 Å². The molecule has 13 heavy (non-hydrogen) atoms. The third-order valence-corrected chi connectivity index (χ3v) is 4.04. The van der Waals surface area contributed by atoms with Gasteiger partial charge >= 0.3 is 0 Å². The maximum absolute atomic E-state index is 6.32. The number of hydrogen-bond donors (Lipinski definition) is 1. The second-order valence-electron chi connectivity index (χ2n) is 4.51. The summed E-state index contributed by atoms with van der Waals surface area (Å²) in [5.41, 5.74) is 6.52. The zero-order chi connectivity index (χ0) is 9.73. The first kappa shape index (κ1) is 11.4. The summed E-state index contributed by atoms with van der Waals surface area (Å²) in [6.45, 7) is 4.55. The molecule has 0 spiro atoms. The van der Waals surface area contributed by atoms with Gasteiger partial charge in [-0.05, 0) is 49.5 Å². The van der Waals surface area contributed by atoms with Crippen LogP contribution >= 0.6 is 11.8 Å². The van der Waals surface area contributed by atoms with Gasteiger partial charge in [0.1, 0.15) is 0 Å². The highest BCUT2D eigenvalue weighted by molar-refractivity contribution is 7.99. The fourth-order valence-corrected chi connectivity index (χ4v) is 2.97. The summed E-state index contributed by atoms with van der Waals surface area (Å²) in [6.07, 6.45) is 6.40. The minimum Gasteiger partial charge on any atom is -0.325 e. The van der Waals surface area contributed by atoms with Crippen LogP contribution in [0.5, 0.6) is 0 Å². The number of nitrogens with two attached hydrogens (primary N) is 1. The smallest absolute Gasteiger partial charge is 0.0157 e. The molecule has 0 saturated heterocycles. The van der Waals surface area contributed by atoms with Crippen molar-refractivity contribution in [2.24, 2.45) is 11.7 Å². The molecule has 1 saturated carbocycles. The van der Waals surface area contributed by atoms with Crippen molar-refractivity contribution in [1.29, 1.82) is 0 Å². The lowest BCUT2D eigenvalue weighted by molar-refractivity contribution is 0.388. The number of thioether (sulfide) groups is 1. The molecule has 0 aromatic heterocycles. The molecular weight excluding hydrogens is 178 g/mol. The van der Waals surface area contributed by atoms with Gasteiger partial charge in [-0.2, -0.15) is 11.8 Å². The fourth-order valence-electron chi connectivity index (χ4n) is 2.33. The molecule has 2 heteroatoms. The van der Waals surface area contributed by atoms with Gasteiger partial charge in [0.05, 0.1) is 0 Å². The summed E-state index contributed by atoms with van der Waals surface area (Å²) in [7, 11) is 0. The lowest BCUT2D eigenvalue weighted by Crippen LogP contribution is -2.36. The maximum Gasteiger partial charge on any atom is 0.0157 e. The average Bonchev–Trinajstić information content (AvgIpc) is 2.41. The van der Waals surface area contributed by atoms with Crippen molar-refractivity contribution in [3.63, 3.8) is 0 Å². The van der Waals surface area contributed by atoms with Crippen LogP contribution in [0.25, 0.3) is 0 Å². The first-order valence-electron chi connectivity index (χ1n) is 5.53. The Labute approximate surface area is 86.8 Å². The Morgan fingerprint density at radius 2 is 2.31 bits per heavy atom. The Morgan fingerprint density at radius 3 is 2.85 bits per heavy atom. The molecule has 1 rings (SSSR count). The molecule has 1 nitrogen and oxygen atoms in total. The normalized spacial score (nSPS) is 33.9. The molecular formula is C11H23NS. The van der Waals surface area contributed by atoms with Crippen LogP contribution in [-0.4, -0.2) is 17.0 Å². The van der Waals surface area contributed by atoms with E-state index in [2.05, 4.69) is 13.8 Å². The van der Waals surface area contributed by atoms with Crippen LogP contribution in [0.4, 0.5) is 0 Å². The van der Waals surface area contributed by atoms with Crippen LogP contribution in [0.15, 0.2) is 0 Å². The molecule has 0 radical (unpaired) electrons. The van der Waals surface area contributed by atoms with E-state index in [0.29, 0.717) is 0 Å². The van der Waals surface area contributed by atoms with E-state index in [1.807, 2.05) is 11.8 Å². The Bertz CT molecular complexity index is 149. The standard InChI is InChI=1S/C11H23NS/c1-3-13-8-4-6-11(12)7-5-10(2)9-11/h10H,3-9,12H2,1-2H3. The molecule has 2 N–H and O–H groups in total. The minimum atomic E-state index is 0.202. The first-order chi connectivity index (χ1) is 6.16. The quantitative estimate of drug-likeness (QED) is 0.692. The largest absolute Gasteiger partial charge is 0.325 e. The Hall–Kier alpha value is 0.310. The summed E-state index contributed by atoms with van der Waals surface area (Å²) in [5.74, 6) is 3.40. The second-order valence-corrected chi connectivity index (χ2v) is 5.90. The van der Waals surface area contributed by atoms with E-state index < -0.39 is 0 Å². The molecule has 0 aliphatic heterocycles. The monoisotopic (exact) mass is 201 g/mol. The van der Waals surface area contributed by atoms with Gasteiger partial charge in [0.15, 0.2) is 0 Å². The van der Waals surface area contributed by atoms with E-state index in [4.69, 9.17) is 5.73 Å². The van der Waals surface area contributed by atoms with Crippen molar-refractivity contribution in [3.8, 4) is 0 Å². The lowest BCUT2D eigenvalue weighted by Gasteiger charge is -2.23. The summed E-state index contributed by atoms with van der Waals surface area (Å²) in [4.78, 5) is 0. The van der Waals surface area contributed by atoms with Gasteiger partial charge in [0.2, 0.25) is 0 Å². The predicted octanol–water partition coefficient (Wildman–Crippen LogP) is 3.04. The third kappa shape index (κ3) is 3.90. The van der Waals surface area contributed by atoms with Crippen LogP contribution in [0, 0.1) is 5.92 Å². The van der Waals surface area contributed by atoms with Gasteiger partial charge in [-0.1, -0.05) is 13.8 Å². The van der Waals surface area contributed by atoms with Crippen molar-refractivity contribution >= 4 is 11.8 Å². The van der Waals surface area contributed by atoms with Crippen molar-refractivity contribution < 1.29 is 0 Å². The molecule has 2 unspecified atom stereocenters. The first-order valence-corrected chi connectivity index (χ1v) is 6.68. The minimum absolute atomic E-state index is 0.202. The van der Waals surface area contributed by atoms with Crippen LogP contribution in [0.3, 0.4) is 0 Å². The molecule has 0 amide bonds. The van der Waals surface area contributed by atoms with Crippen molar-refractivity contribution in [2.75, 3.05) is 11.5 Å². The van der Waals surface area contributed by atoms with Gasteiger partial charge < -0.3 is 5.73 Å². The van der Waals surface area contributed by atoms with E-state index in [0.717, 1.165) is 5.92 Å². The molecule has 0 bridgehead atoms. The Balaban J connectivity index is 2.12. The summed E-state index contributed by atoms with van der Waals surface area (Å²) >= 11 is 2.04. The molecule has 1 fully saturated rings. The molecule has 1 aliphatic rings. The van der Waals surface area contributed by atoms with E-state index >= 15 is 0 Å². The van der Waals surface area contributed by atoms with Crippen LogP contribution < -0.4 is 5.73 Å². The van der Waals surface area contributed by atoms with E-state index in [-0.39, 0.29) is 5.54 Å². The van der Waals surface area contributed by atoms with Gasteiger partial charge in [0, 0.05) is 5.54 Å². The summed E-state index contributed by atoms with van der Waals surface area (Å²) in [6, 6.07) is 0. The molecule has 78 valence electrons. The SMILES string of the molecule is CCSCCCC1(N)CCC(C)C1. The fraction of sp³-hybridized carbons (Fsp3) is 1.00. The highest BCUT2D eigenvalue weighted by atomic mass is 32.2. The third-order valence-electron chi connectivity index (χ3n) is 3.06. The highest BCUT2D eigenvalue weighted by Crippen LogP contribution is 2.35. The lowest BCUT2D eigenvalue weighted by atomic mass is 9.92. The van der Waals surface area contributed by atoms with Gasteiger partial charge in [-0.3, -0.25) is 0 Å². The van der Waals surface area contributed by atoms with Gasteiger partial charge in [0.25, 0.3) is 0 Å². The Morgan fingerprint density at radius 1 is 1.54 bits per heavy atom.